The van der Waals surface area contributed by atoms with Gasteiger partial charge in [0, 0.05) is 17.0 Å². The number of non-ortho nitro benzene ring substituents is 1. The average Bonchev–Trinajstić information content (AvgIpc) is 3.54. The van der Waals surface area contributed by atoms with E-state index in [-0.39, 0.29) is 5.69 Å². The van der Waals surface area contributed by atoms with Crippen LogP contribution in [0, 0.1) is 27.4 Å². The van der Waals surface area contributed by atoms with Gasteiger partial charge in [0.2, 0.25) is 5.91 Å². The molecule has 2 saturated heterocycles. The number of amides is 2. The second-order valence-electron chi connectivity index (χ2n) is 9.02. The van der Waals surface area contributed by atoms with Gasteiger partial charge in [-0.05, 0) is 48.9 Å². The van der Waals surface area contributed by atoms with Gasteiger partial charge in [0.1, 0.15) is 17.0 Å². The van der Waals surface area contributed by atoms with E-state index in [1.807, 2.05) is 18.2 Å². The van der Waals surface area contributed by atoms with Crippen LogP contribution >= 0.6 is 11.3 Å². The van der Waals surface area contributed by atoms with Crippen LogP contribution in [-0.2, 0) is 27.3 Å². The fourth-order valence-corrected chi connectivity index (χ4v) is 6.75. The summed E-state index contributed by atoms with van der Waals surface area (Å²) in [4.78, 5) is 46.8. The van der Waals surface area contributed by atoms with Crippen LogP contribution in [0.3, 0.4) is 0 Å². The van der Waals surface area contributed by atoms with E-state index in [0.29, 0.717) is 21.8 Å². The first-order valence-corrected chi connectivity index (χ1v) is 12.5. The van der Waals surface area contributed by atoms with Crippen LogP contribution in [0.2, 0.25) is 0 Å². The minimum atomic E-state index is -1.10. The molecule has 0 unspecified atom stereocenters. The van der Waals surface area contributed by atoms with Crippen LogP contribution in [0.15, 0.2) is 54.6 Å². The third-order valence-electron chi connectivity index (χ3n) is 7.02. The standard InChI is InChI=1S/C26H20N4O5S/c27-14-19-18-11-4-5-12-20(18)36-26(19)28-24(31)21-22(15-7-6-10-17(13-15)30(33)34)29(35-23(21)25(28)32)16-8-2-1-3-9-16/h1-3,6-10,13,21-23H,4-5,11-12H2/t21-,22+,23-/m1/s1. The van der Waals surface area contributed by atoms with Gasteiger partial charge in [-0.25, -0.2) is 9.96 Å². The summed E-state index contributed by atoms with van der Waals surface area (Å²) in [6, 6.07) is 16.5. The summed E-state index contributed by atoms with van der Waals surface area (Å²) in [5, 5.41) is 23.2. The molecule has 2 fully saturated rings. The lowest BCUT2D eigenvalue weighted by molar-refractivity contribution is -0.384. The number of rotatable bonds is 4. The minimum Gasteiger partial charge on any atom is -0.273 e. The molecule has 9 nitrogen and oxygen atoms in total. The van der Waals surface area contributed by atoms with E-state index in [1.54, 1.807) is 24.3 Å². The van der Waals surface area contributed by atoms with E-state index in [0.717, 1.165) is 41.0 Å². The predicted molar refractivity (Wildman–Crippen MR) is 131 cm³/mol. The van der Waals surface area contributed by atoms with Crippen molar-refractivity contribution in [1.29, 1.82) is 5.26 Å². The van der Waals surface area contributed by atoms with Crippen molar-refractivity contribution in [2.75, 3.05) is 9.96 Å². The number of carbonyl (C=O) groups excluding carboxylic acids is 2. The highest BCUT2D eigenvalue weighted by Crippen LogP contribution is 2.50. The van der Waals surface area contributed by atoms with Gasteiger partial charge in [-0.2, -0.15) is 5.26 Å². The highest BCUT2D eigenvalue weighted by atomic mass is 32.1. The van der Waals surface area contributed by atoms with E-state index in [1.165, 1.54) is 28.5 Å². The average molecular weight is 501 g/mol. The summed E-state index contributed by atoms with van der Waals surface area (Å²) in [7, 11) is 0. The van der Waals surface area contributed by atoms with Gasteiger partial charge in [0.05, 0.1) is 22.2 Å². The number of benzene rings is 2. The first-order valence-electron chi connectivity index (χ1n) is 11.7. The van der Waals surface area contributed by atoms with Gasteiger partial charge >= 0.3 is 0 Å². The van der Waals surface area contributed by atoms with Crippen molar-refractivity contribution >= 4 is 39.5 Å². The van der Waals surface area contributed by atoms with Crippen LogP contribution in [-0.4, -0.2) is 22.8 Å². The molecule has 3 aromatic rings. The molecule has 3 heterocycles. The molecule has 36 heavy (non-hydrogen) atoms. The Morgan fingerprint density at radius 2 is 1.83 bits per heavy atom. The summed E-state index contributed by atoms with van der Waals surface area (Å²) >= 11 is 1.33. The van der Waals surface area contributed by atoms with E-state index >= 15 is 0 Å². The fourth-order valence-electron chi connectivity index (χ4n) is 5.40. The molecule has 2 aromatic carbocycles. The van der Waals surface area contributed by atoms with Gasteiger partial charge in [0.25, 0.3) is 11.6 Å². The Kier molecular flexibility index (Phi) is 5.32. The minimum absolute atomic E-state index is 0.115. The topological polar surface area (TPSA) is 117 Å². The quantitative estimate of drug-likeness (QED) is 0.295. The summed E-state index contributed by atoms with van der Waals surface area (Å²) < 4.78 is 0. The van der Waals surface area contributed by atoms with E-state index in [2.05, 4.69) is 6.07 Å². The maximum absolute atomic E-state index is 13.9. The van der Waals surface area contributed by atoms with Crippen LogP contribution < -0.4 is 9.96 Å². The number of para-hydroxylation sites is 1. The number of thiophene rings is 1. The molecule has 0 radical (unpaired) electrons. The molecule has 1 aromatic heterocycles. The van der Waals surface area contributed by atoms with Crippen molar-refractivity contribution in [2.24, 2.45) is 5.92 Å². The van der Waals surface area contributed by atoms with Crippen molar-refractivity contribution in [2.45, 2.75) is 37.8 Å². The monoisotopic (exact) mass is 500 g/mol. The van der Waals surface area contributed by atoms with Crippen molar-refractivity contribution < 1.29 is 19.3 Å². The Balaban J connectivity index is 1.45. The highest BCUT2D eigenvalue weighted by Gasteiger charge is 2.61. The Morgan fingerprint density at radius 1 is 1.06 bits per heavy atom. The van der Waals surface area contributed by atoms with Crippen molar-refractivity contribution in [3.05, 3.63) is 86.3 Å². The molecule has 6 rings (SSSR count). The number of aryl methyl sites for hydroxylation is 1. The zero-order valence-electron chi connectivity index (χ0n) is 19.0. The number of nitro benzene ring substituents is 1. The van der Waals surface area contributed by atoms with Crippen molar-refractivity contribution in [3.8, 4) is 6.07 Å². The smallest absolute Gasteiger partial charge is 0.269 e. The van der Waals surface area contributed by atoms with Crippen LogP contribution in [0.4, 0.5) is 16.4 Å². The molecule has 3 aliphatic rings. The normalized spacial score (nSPS) is 22.9. The second kappa shape index (κ2) is 8.55. The number of carbonyl (C=O) groups is 2. The highest BCUT2D eigenvalue weighted by molar-refractivity contribution is 7.17. The number of hydrogen-bond donors (Lipinski definition) is 0. The third kappa shape index (κ3) is 3.31. The van der Waals surface area contributed by atoms with Gasteiger partial charge in [-0.15, -0.1) is 11.3 Å². The number of nitrogens with zero attached hydrogens (tertiary/aromatic N) is 4. The number of hydrogen-bond acceptors (Lipinski definition) is 8. The van der Waals surface area contributed by atoms with Crippen molar-refractivity contribution in [1.82, 2.24) is 0 Å². The maximum atomic E-state index is 13.9. The first-order chi connectivity index (χ1) is 17.5. The van der Waals surface area contributed by atoms with Crippen LogP contribution in [0.5, 0.6) is 0 Å². The molecular weight excluding hydrogens is 480 g/mol. The molecule has 0 spiro atoms. The number of anilines is 2. The number of nitriles is 1. The Morgan fingerprint density at radius 3 is 2.58 bits per heavy atom. The molecule has 2 amide bonds. The number of imide groups is 1. The number of fused-ring (bicyclic) bond motifs is 2. The summed E-state index contributed by atoms with van der Waals surface area (Å²) in [6.07, 6.45) is 2.45. The van der Waals surface area contributed by atoms with Gasteiger partial charge in [0.15, 0.2) is 6.10 Å². The molecular formula is C26H20N4O5S. The molecule has 2 aliphatic heterocycles. The van der Waals surface area contributed by atoms with Crippen molar-refractivity contribution in [3.63, 3.8) is 0 Å². The zero-order chi connectivity index (χ0) is 25.0. The van der Waals surface area contributed by atoms with Crippen LogP contribution in [0.25, 0.3) is 0 Å². The Labute approximate surface area is 210 Å². The Bertz CT molecular complexity index is 1450. The fraction of sp³-hybridized carbons (Fsp3) is 0.269. The predicted octanol–water partition coefficient (Wildman–Crippen LogP) is 4.46. The lowest BCUT2D eigenvalue weighted by atomic mass is 9.90. The van der Waals surface area contributed by atoms with E-state index < -0.39 is 34.8 Å². The molecule has 1 aliphatic carbocycles. The molecule has 0 saturated carbocycles. The lowest BCUT2D eigenvalue weighted by Crippen LogP contribution is -2.37. The molecule has 10 heteroatoms. The number of hydroxylamine groups is 1. The van der Waals surface area contributed by atoms with E-state index in [9.17, 15) is 25.0 Å². The van der Waals surface area contributed by atoms with Gasteiger partial charge < -0.3 is 0 Å². The zero-order valence-corrected chi connectivity index (χ0v) is 19.8. The lowest BCUT2D eigenvalue weighted by Gasteiger charge is -2.28. The summed E-state index contributed by atoms with van der Waals surface area (Å²) in [5.41, 5.74) is 2.33. The SMILES string of the molecule is N#Cc1c(N2C(=O)[C@H]3[C@@H](ON(c4ccccc4)[C@H]3c3cccc([N+](=O)[O-])c3)C2=O)sc2c1CCCC2. The Hall–Kier alpha value is -4.07. The molecule has 0 N–H and O–H groups in total. The molecule has 3 atom stereocenters. The second-order valence-corrected chi connectivity index (χ2v) is 10.1. The molecule has 180 valence electrons. The van der Waals surface area contributed by atoms with Gasteiger partial charge in [-0.3, -0.25) is 24.5 Å². The summed E-state index contributed by atoms with van der Waals surface area (Å²) in [5.74, 6) is -1.91. The number of nitro groups is 1. The van der Waals surface area contributed by atoms with Crippen LogP contribution in [0.1, 0.15) is 40.5 Å². The molecule has 0 bridgehead atoms. The largest absolute Gasteiger partial charge is 0.273 e. The van der Waals surface area contributed by atoms with Gasteiger partial charge in [-0.1, -0.05) is 30.3 Å². The summed E-state index contributed by atoms with van der Waals surface area (Å²) in [6.45, 7) is 0. The first kappa shape index (κ1) is 22.4. The maximum Gasteiger partial charge on any atom is 0.269 e. The van der Waals surface area contributed by atoms with E-state index in [4.69, 9.17) is 4.84 Å². The third-order valence-corrected chi connectivity index (χ3v) is 8.29.